The van der Waals surface area contributed by atoms with E-state index in [2.05, 4.69) is 75.5 Å². The maximum absolute atomic E-state index is 11.9. The van der Waals surface area contributed by atoms with Crippen LogP contribution < -0.4 is 0 Å². The first-order valence-electron chi connectivity index (χ1n) is 15.9. The molecule has 0 aliphatic heterocycles. The molecule has 1 fully saturated rings. The third-order valence-electron chi connectivity index (χ3n) is 8.48. The van der Waals surface area contributed by atoms with Gasteiger partial charge in [0, 0.05) is 23.7 Å². The fourth-order valence-electron chi connectivity index (χ4n) is 5.63. The van der Waals surface area contributed by atoms with Crippen LogP contribution in [0.25, 0.3) is 0 Å². The Bertz CT molecular complexity index is 1130. The normalized spacial score (nSPS) is 17.6. The van der Waals surface area contributed by atoms with E-state index < -0.39 is 0 Å². The van der Waals surface area contributed by atoms with Crippen LogP contribution in [0.5, 0.6) is 0 Å². The number of aliphatic hydroxyl groups excluding tert-OH is 1. The fourth-order valence-corrected chi connectivity index (χ4v) is 5.63. The number of hydrogen-bond acceptors (Lipinski definition) is 5. The summed E-state index contributed by atoms with van der Waals surface area (Å²) in [5.74, 6) is 1.04. The lowest BCUT2D eigenvalue weighted by Gasteiger charge is -2.30. The number of carbonyl (C=O) groups excluding carboxylic acids is 2. The first-order valence-corrected chi connectivity index (χ1v) is 15.9. The van der Waals surface area contributed by atoms with Crippen LogP contribution in [-0.2, 0) is 31.9 Å². The highest BCUT2D eigenvalue weighted by Gasteiger charge is 2.27. The van der Waals surface area contributed by atoms with Crippen molar-refractivity contribution in [1.29, 1.82) is 0 Å². The van der Waals surface area contributed by atoms with Crippen LogP contribution in [0.3, 0.4) is 0 Å². The van der Waals surface area contributed by atoms with Crippen LogP contribution >= 0.6 is 0 Å². The van der Waals surface area contributed by atoms with Gasteiger partial charge in [-0.15, -0.1) is 0 Å². The summed E-state index contributed by atoms with van der Waals surface area (Å²) in [5, 5.41) is 8.00. The number of aryl methyl sites for hydroxylation is 2. The van der Waals surface area contributed by atoms with Gasteiger partial charge in [-0.05, 0) is 92.4 Å². The van der Waals surface area contributed by atoms with E-state index in [1.54, 1.807) is 14.0 Å². The minimum atomic E-state index is -0.333. The molecule has 0 spiro atoms. The molecule has 43 heavy (non-hydrogen) atoms. The molecular formula is C38H54O5. The summed E-state index contributed by atoms with van der Waals surface area (Å²) >= 11 is 0. The second-order valence-electron chi connectivity index (χ2n) is 12.5. The van der Waals surface area contributed by atoms with Crippen molar-refractivity contribution in [3.8, 4) is 0 Å². The van der Waals surface area contributed by atoms with E-state index in [0.29, 0.717) is 36.9 Å². The van der Waals surface area contributed by atoms with Crippen molar-refractivity contribution in [3.63, 3.8) is 0 Å². The zero-order valence-electron chi connectivity index (χ0n) is 27.0. The Morgan fingerprint density at radius 2 is 1.42 bits per heavy atom. The van der Waals surface area contributed by atoms with Crippen LogP contribution in [0.2, 0.25) is 0 Å². The second kappa shape index (κ2) is 19.3. The monoisotopic (exact) mass is 590 g/mol. The van der Waals surface area contributed by atoms with Gasteiger partial charge in [-0.3, -0.25) is 4.79 Å². The molecule has 0 amide bonds. The second-order valence-corrected chi connectivity index (χ2v) is 12.5. The summed E-state index contributed by atoms with van der Waals surface area (Å²) < 4.78 is 10.9. The van der Waals surface area contributed by atoms with Gasteiger partial charge < -0.3 is 14.6 Å². The highest BCUT2D eigenvalue weighted by Crippen LogP contribution is 2.40. The predicted octanol–water partition coefficient (Wildman–Crippen LogP) is 8.30. The molecule has 0 radical (unpaired) electrons. The number of aldehydes is 1. The van der Waals surface area contributed by atoms with Crippen molar-refractivity contribution >= 4 is 12.3 Å². The molecule has 0 bridgehead atoms. The lowest BCUT2D eigenvalue weighted by Crippen LogP contribution is -2.30. The Kier molecular flexibility index (Phi) is 16.2. The summed E-state index contributed by atoms with van der Waals surface area (Å²) in [6.45, 7) is 13.6. The maximum Gasteiger partial charge on any atom is 0.333 e. The van der Waals surface area contributed by atoms with E-state index in [1.807, 2.05) is 0 Å². The summed E-state index contributed by atoms with van der Waals surface area (Å²) in [7, 11) is 1.70. The Balaban J connectivity index is 0.000000973. The molecule has 1 aliphatic carbocycles. The number of methoxy groups -OCH3 is 1. The number of benzene rings is 2. The minimum Gasteiger partial charge on any atom is -0.462 e. The van der Waals surface area contributed by atoms with Gasteiger partial charge in [-0.25, -0.2) is 4.79 Å². The molecule has 3 rings (SSSR count). The Morgan fingerprint density at radius 3 is 1.81 bits per heavy atom. The third-order valence-corrected chi connectivity index (χ3v) is 8.48. The highest BCUT2D eigenvalue weighted by molar-refractivity contribution is 5.86. The van der Waals surface area contributed by atoms with Gasteiger partial charge in [0.1, 0.15) is 6.29 Å². The summed E-state index contributed by atoms with van der Waals surface area (Å²) in [6.07, 6.45) is 12.6. The molecule has 0 saturated heterocycles. The van der Waals surface area contributed by atoms with E-state index in [0.717, 1.165) is 12.8 Å². The molecule has 1 saturated carbocycles. The first-order chi connectivity index (χ1) is 20.6. The van der Waals surface area contributed by atoms with Crippen LogP contribution in [0.1, 0.15) is 106 Å². The SMILES string of the molecule is C=C(C)C(=O)OCC(C)(CCc1ccc(C2CCC(c3ccc(CCCCC)cc3)CC2)cc1)COC.C=C(C=O)CO. The van der Waals surface area contributed by atoms with Gasteiger partial charge in [0.05, 0.1) is 19.8 Å². The Morgan fingerprint density at radius 1 is 0.907 bits per heavy atom. The van der Waals surface area contributed by atoms with Gasteiger partial charge >= 0.3 is 5.97 Å². The summed E-state index contributed by atoms with van der Waals surface area (Å²) in [4.78, 5) is 21.3. The Labute approximate surface area is 260 Å². The van der Waals surface area contributed by atoms with Gasteiger partial charge in [-0.2, -0.15) is 0 Å². The molecule has 1 atom stereocenters. The maximum atomic E-state index is 11.9. The minimum absolute atomic E-state index is 0.218. The van der Waals surface area contributed by atoms with Crippen LogP contribution in [-0.4, -0.2) is 44.3 Å². The summed E-state index contributed by atoms with van der Waals surface area (Å²) in [5.41, 5.74) is 6.25. The lowest BCUT2D eigenvalue weighted by molar-refractivity contribution is -0.143. The van der Waals surface area contributed by atoms with E-state index in [4.69, 9.17) is 14.6 Å². The number of esters is 1. The molecule has 0 heterocycles. The van der Waals surface area contributed by atoms with Gasteiger partial charge in [0.25, 0.3) is 0 Å². The van der Waals surface area contributed by atoms with Crippen molar-refractivity contribution in [2.24, 2.45) is 5.41 Å². The molecule has 1 N–H and O–H groups in total. The van der Waals surface area contributed by atoms with Crippen LogP contribution in [0, 0.1) is 5.41 Å². The van der Waals surface area contributed by atoms with Gasteiger partial charge in [0.15, 0.2) is 0 Å². The van der Waals surface area contributed by atoms with Crippen molar-refractivity contribution in [1.82, 2.24) is 0 Å². The largest absolute Gasteiger partial charge is 0.462 e. The molecule has 1 aliphatic rings. The van der Waals surface area contributed by atoms with Crippen LogP contribution in [0.4, 0.5) is 0 Å². The van der Waals surface area contributed by atoms with Crippen molar-refractivity contribution in [2.45, 2.75) is 96.8 Å². The number of aliphatic hydroxyl groups is 1. The number of rotatable bonds is 16. The van der Waals surface area contributed by atoms with Crippen molar-refractivity contribution < 1.29 is 24.2 Å². The van der Waals surface area contributed by atoms with E-state index in [9.17, 15) is 9.59 Å². The number of hydrogen-bond donors (Lipinski definition) is 1. The molecule has 2 aromatic rings. The number of unbranched alkanes of at least 4 members (excludes halogenated alkanes) is 2. The fraction of sp³-hybridized carbons (Fsp3) is 0.526. The predicted molar refractivity (Wildman–Crippen MR) is 176 cm³/mol. The number of ether oxygens (including phenoxy) is 2. The molecule has 1 unspecified atom stereocenters. The zero-order valence-corrected chi connectivity index (χ0v) is 27.0. The van der Waals surface area contributed by atoms with Crippen LogP contribution in [0.15, 0.2) is 72.8 Å². The quantitative estimate of drug-likeness (QED) is 0.0921. The average molecular weight is 591 g/mol. The average Bonchev–Trinajstić information content (AvgIpc) is 3.03. The molecule has 5 nitrogen and oxygen atoms in total. The molecule has 236 valence electrons. The van der Waals surface area contributed by atoms with E-state index in [1.165, 1.54) is 73.6 Å². The molecule has 5 heteroatoms. The summed E-state index contributed by atoms with van der Waals surface area (Å²) in [6, 6.07) is 18.7. The zero-order chi connectivity index (χ0) is 31.7. The van der Waals surface area contributed by atoms with E-state index in [-0.39, 0.29) is 23.6 Å². The smallest absolute Gasteiger partial charge is 0.333 e. The first kappa shape index (κ1) is 36.2. The molecule has 2 aromatic carbocycles. The molecule has 0 aromatic heterocycles. The van der Waals surface area contributed by atoms with Crippen molar-refractivity contribution in [2.75, 3.05) is 26.9 Å². The number of carbonyl (C=O) groups is 2. The van der Waals surface area contributed by atoms with E-state index >= 15 is 0 Å². The van der Waals surface area contributed by atoms with Gasteiger partial charge in [-0.1, -0.05) is 88.4 Å². The van der Waals surface area contributed by atoms with Gasteiger partial charge in [0.2, 0.25) is 0 Å². The van der Waals surface area contributed by atoms with Crippen molar-refractivity contribution in [3.05, 3.63) is 95.1 Å². The highest BCUT2D eigenvalue weighted by atomic mass is 16.5. The Hall–Kier alpha value is -3.02. The lowest BCUT2D eigenvalue weighted by atomic mass is 9.76. The topological polar surface area (TPSA) is 72.8 Å². The standard InChI is InChI=1S/C34H48O3.C4H6O2/c1-6-7-8-9-27-10-14-29(15-11-27)31-18-20-32(21-19-31)30-16-12-28(13-17-30)22-23-34(4,24-36-5)25-37-33(35)26(2)3;1-4(2-5)3-6/h10-17,31-32H,2,6-9,18-25H2,1,3-5H3;2,6H,1,3H2. The molecular weight excluding hydrogens is 536 g/mol. The third kappa shape index (κ3) is 13.0.